The lowest BCUT2D eigenvalue weighted by Gasteiger charge is -2.01. The molecule has 0 unspecified atom stereocenters. The van der Waals surface area contributed by atoms with E-state index < -0.39 is 0 Å². The van der Waals surface area contributed by atoms with Crippen molar-refractivity contribution in [1.29, 1.82) is 0 Å². The van der Waals surface area contributed by atoms with E-state index in [9.17, 15) is 9.70 Å². The quantitative estimate of drug-likeness (QED) is 0.190. The van der Waals surface area contributed by atoms with Crippen LogP contribution < -0.4 is 0 Å². The van der Waals surface area contributed by atoms with E-state index >= 15 is 0 Å². The van der Waals surface area contributed by atoms with Crippen molar-refractivity contribution in [1.82, 2.24) is 0 Å². The van der Waals surface area contributed by atoms with Gasteiger partial charge in [0.25, 0.3) is 0 Å². The molecule has 0 aromatic heterocycles. The molecule has 0 aliphatic heterocycles. The number of rotatable bonds is 16. The van der Waals surface area contributed by atoms with Crippen LogP contribution in [0.5, 0.6) is 0 Å². The fraction of sp³-hybridized carbons (Fsp3) is 0.833. The van der Waals surface area contributed by atoms with Gasteiger partial charge in [0, 0.05) is 6.42 Å². The van der Waals surface area contributed by atoms with Gasteiger partial charge in [0.2, 0.25) is 0 Å². The zero-order chi connectivity index (χ0) is 15.6. The second kappa shape index (κ2) is 17.1. The number of carbonyl (C=O) groups excluding carboxylic acids is 1. The summed E-state index contributed by atoms with van der Waals surface area (Å²) in [7, 11) is 0. The molecule has 0 rings (SSSR count). The van der Waals surface area contributed by atoms with Crippen molar-refractivity contribution in [3.8, 4) is 0 Å². The highest BCUT2D eigenvalue weighted by Gasteiger charge is 1.97. The van der Waals surface area contributed by atoms with Crippen LogP contribution in [0.15, 0.2) is 16.9 Å². The van der Waals surface area contributed by atoms with E-state index in [1.807, 2.05) is 6.08 Å². The van der Waals surface area contributed by atoms with E-state index in [1.165, 1.54) is 51.4 Å². The normalized spacial score (nSPS) is 11.6. The lowest BCUT2D eigenvalue weighted by atomic mass is 10.1. The molecule has 0 amide bonds. The number of allylic oxidation sites excluding steroid dienone is 2. The van der Waals surface area contributed by atoms with Crippen LogP contribution in [0, 0.1) is 4.91 Å². The Bertz CT molecular complexity index is 274. The first-order chi connectivity index (χ1) is 10.3. The van der Waals surface area contributed by atoms with Gasteiger partial charge in [-0.25, -0.2) is 0 Å². The molecule has 0 fully saturated rings. The standard InChI is InChI=1S/C18H33NO2/c1-2-3-4-5-6-7-8-9-10-12-15-18(19-21)16-13-11-14-17-20/h15,17H,2-14,16H2,1H3/b18-15+. The molecule has 0 bridgehead atoms. The molecule has 0 atom stereocenters. The minimum Gasteiger partial charge on any atom is -0.303 e. The summed E-state index contributed by atoms with van der Waals surface area (Å²) in [4.78, 5) is 20.9. The van der Waals surface area contributed by atoms with E-state index in [0.717, 1.165) is 38.4 Å². The minimum absolute atomic E-state index is 0.588. The fourth-order valence-corrected chi connectivity index (χ4v) is 2.44. The zero-order valence-corrected chi connectivity index (χ0v) is 13.8. The highest BCUT2D eigenvalue weighted by molar-refractivity contribution is 5.48. The molecule has 0 aromatic carbocycles. The molecule has 3 nitrogen and oxygen atoms in total. The first kappa shape index (κ1) is 20.0. The van der Waals surface area contributed by atoms with Crippen LogP contribution in [-0.2, 0) is 4.79 Å². The third-order valence-electron chi connectivity index (χ3n) is 3.81. The Morgan fingerprint density at radius 2 is 1.38 bits per heavy atom. The topological polar surface area (TPSA) is 46.5 Å². The van der Waals surface area contributed by atoms with Gasteiger partial charge in [-0.3, -0.25) is 0 Å². The number of unbranched alkanes of at least 4 members (excludes halogenated alkanes) is 11. The molecule has 0 spiro atoms. The maximum atomic E-state index is 10.7. The van der Waals surface area contributed by atoms with E-state index in [2.05, 4.69) is 12.1 Å². The Morgan fingerprint density at radius 1 is 0.810 bits per heavy atom. The first-order valence-electron chi connectivity index (χ1n) is 8.81. The Labute approximate surface area is 130 Å². The molecule has 122 valence electrons. The molecule has 0 saturated carbocycles. The van der Waals surface area contributed by atoms with Gasteiger partial charge in [-0.2, -0.15) is 0 Å². The third-order valence-corrected chi connectivity index (χ3v) is 3.81. The second-order valence-electron chi connectivity index (χ2n) is 5.82. The summed E-state index contributed by atoms with van der Waals surface area (Å²) >= 11 is 0. The Balaban J connectivity index is 3.41. The van der Waals surface area contributed by atoms with Gasteiger partial charge in [-0.1, -0.05) is 64.4 Å². The predicted molar refractivity (Wildman–Crippen MR) is 90.3 cm³/mol. The molecular formula is C18H33NO2. The van der Waals surface area contributed by atoms with Crippen LogP contribution in [-0.4, -0.2) is 6.29 Å². The van der Waals surface area contributed by atoms with Gasteiger partial charge in [-0.15, -0.1) is 4.91 Å². The van der Waals surface area contributed by atoms with Crippen molar-refractivity contribution in [3.63, 3.8) is 0 Å². The van der Waals surface area contributed by atoms with Crippen molar-refractivity contribution >= 4 is 6.29 Å². The van der Waals surface area contributed by atoms with Gasteiger partial charge >= 0.3 is 0 Å². The zero-order valence-electron chi connectivity index (χ0n) is 13.8. The first-order valence-corrected chi connectivity index (χ1v) is 8.81. The number of carbonyl (C=O) groups is 1. The molecule has 0 radical (unpaired) electrons. The maximum Gasteiger partial charge on any atom is 0.119 e. The van der Waals surface area contributed by atoms with Crippen LogP contribution in [0.4, 0.5) is 0 Å². The Kier molecular flexibility index (Phi) is 16.3. The molecular weight excluding hydrogens is 262 g/mol. The summed E-state index contributed by atoms with van der Waals surface area (Å²) in [5.41, 5.74) is 0.667. The van der Waals surface area contributed by atoms with Gasteiger partial charge in [-0.05, 0) is 37.3 Å². The van der Waals surface area contributed by atoms with Crippen LogP contribution in [0.1, 0.15) is 96.8 Å². The molecule has 0 N–H and O–H groups in total. The van der Waals surface area contributed by atoms with Crippen molar-refractivity contribution in [3.05, 3.63) is 16.7 Å². The molecule has 0 saturated heterocycles. The Hall–Kier alpha value is -0.990. The highest BCUT2D eigenvalue weighted by atomic mass is 16.3. The van der Waals surface area contributed by atoms with Crippen molar-refractivity contribution in [2.45, 2.75) is 96.8 Å². The molecule has 0 aliphatic rings. The number of nitrogens with zero attached hydrogens (tertiary/aromatic N) is 1. The lowest BCUT2D eigenvalue weighted by molar-refractivity contribution is -0.107. The van der Waals surface area contributed by atoms with Gasteiger partial charge in [0.1, 0.15) is 6.29 Å². The smallest absolute Gasteiger partial charge is 0.119 e. The largest absolute Gasteiger partial charge is 0.303 e. The summed E-state index contributed by atoms with van der Waals surface area (Å²) in [5, 5.41) is 3.08. The molecule has 3 heteroatoms. The van der Waals surface area contributed by atoms with Crippen LogP contribution >= 0.6 is 0 Å². The van der Waals surface area contributed by atoms with Crippen molar-refractivity contribution in [2.24, 2.45) is 5.18 Å². The highest BCUT2D eigenvalue weighted by Crippen LogP contribution is 2.14. The molecule has 21 heavy (non-hydrogen) atoms. The van der Waals surface area contributed by atoms with E-state index in [4.69, 9.17) is 0 Å². The Morgan fingerprint density at radius 3 is 1.95 bits per heavy atom. The summed E-state index contributed by atoms with van der Waals surface area (Å²) in [6.07, 6.45) is 18.8. The summed E-state index contributed by atoms with van der Waals surface area (Å²) in [5.74, 6) is 0. The lowest BCUT2D eigenvalue weighted by Crippen LogP contribution is -1.84. The van der Waals surface area contributed by atoms with Crippen LogP contribution in [0.3, 0.4) is 0 Å². The number of hydrogen-bond acceptors (Lipinski definition) is 3. The van der Waals surface area contributed by atoms with Gasteiger partial charge in [0.05, 0.1) is 5.70 Å². The monoisotopic (exact) mass is 295 g/mol. The van der Waals surface area contributed by atoms with Gasteiger partial charge in [0.15, 0.2) is 0 Å². The molecule has 0 aromatic rings. The summed E-state index contributed by atoms with van der Waals surface area (Å²) in [6, 6.07) is 0. The number of hydrogen-bond donors (Lipinski definition) is 0. The number of nitroso groups, excluding NO2 is 1. The van der Waals surface area contributed by atoms with Crippen LogP contribution in [0.2, 0.25) is 0 Å². The van der Waals surface area contributed by atoms with E-state index in [0.29, 0.717) is 12.1 Å². The third kappa shape index (κ3) is 15.2. The summed E-state index contributed by atoms with van der Waals surface area (Å²) < 4.78 is 0. The minimum atomic E-state index is 0.588. The van der Waals surface area contributed by atoms with E-state index in [1.54, 1.807) is 0 Å². The SMILES string of the molecule is CCCCCCCCCCC/C=C(\CCCCC=O)N=O. The van der Waals surface area contributed by atoms with Gasteiger partial charge < -0.3 is 4.79 Å². The van der Waals surface area contributed by atoms with Crippen molar-refractivity contribution in [2.75, 3.05) is 0 Å². The second-order valence-corrected chi connectivity index (χ2v) is 5.82. The predicted octanol–water partition coefficient (Wildman–Crippen LogP) is 6.32. The van der Waals surface area contributed by atoms with Crippen LogP contribution in [0.25, 0.3) is 0 Å². The average Bonchev–Trinajstić information content (AvgIpc) is 2.51. The van der Waals surface area contributed by atoms with Crippen molar-refractivity contribution < 1.29 is 4.79 Å². The number of aldehydes is 1. The fourth-order valence-electron chi connectivity index (χ4n) is 2.44. The molecule has 0 aliphatic carbocycles. The van der Waals surface area contributed by atoms with E-state index in [-0.39, 0.29) is 0 Å². The molecule has 0 heterocycles. The maximum absolute atomic E-state index is 10.7. The average molecular weight is 295 g/mol. The summed E-state index contributed by atoms with van der Waals surface area (Å²) in [6.45, 7) is 2.25.